The second-order valence-electron chi connectivity index (χ2n) is 5.20. The maximum atomic E-state index is 12.2. The van der Waals surface area contributed by atoms with Gasteiger partial charge in [-0.25, -0.2) is 0 Å². The van der Waals surface area contributed by atoms with Crippen LogP contribution in [-0.4, -0.2) is 29.9 Å². The van der Waals surface area contributed by atoms with Gasteiger partial charge >= 0.3 is 0 Å². The van der Waals surface area contributed by atoms with Crippen molar-refractivity contribution in [3.8, 4) is 0 Å². The van der Waals surface area contributed by atoms with Gasteiger partial charge < -0.3 is 10.6 Å². The lowest BCUT2D eigenvalue weighted by atomic mass is 9.92. The number of likely N-dealkylation sites (N-methyl/N-ethyl adjacent to an activating group) is 1. The molecule has 0 aliphatic heterocycles. The van der Waals surface area contributed by atoms with Crippen LogP contribution in [0.2, 0.25) is 0 Å². The van der Waals surface area contributed by atoms with Crippen molar-refractivity contribution in [2.75, 3.05) is 13.6 Å². The van der Waals surface area contributed by atoms with Gasteiger partial charge in [-0.05, 0) is 31.6 Å². The van der Waals surface area contributed by atoms with E-state index in [0.29, 0.717) is 5.92 Å². The van der Waals surface area contributed by atoms with E-state index in [-0.39, 0.29) is 5.91 Å². The molecule has 0 saturated heterocycles. The summed E-state index contributed by atoms with van der Waals surface area (Å²) in [5.74, 6) is 0.816. The minimum atomic E-state index is -0.645. The normalized spacial score (nSPS) is 17.8. The maximum Gasteiger partial charge on any atom is 0.242 e. The van der Waals surface area contributed by atoms with E-state index in [9.17, 15) is 4.79 Å². The average Bonchev–Trinajstić information content (AvgIpc) is 2.79. The third-order valence-electron chi connectivity index (χ3n) is 4.04. The number of carbonyl (C=O) groups is 1. The Morgan fingerprint density at radius 3 is 2.25 bits per heavy atom. The highest BCUT2D eigenvalue weighted by molar-refractivity contribution is 5.85. The first-order valence-electron chi connectivity index (χ1n) is 6.58. The number of nitrogens with two attached hydrogens (primary N) is 1. The quantitative estimate of drug-likeness (QED) is 0.781. The standard InChI is InChI=1S/C13H26N2O/c1-4-13(14,5-2)12(16)15(3)10-11-8-6-7-9-11/h11H,4-10,14H2,1-3H3. The molecule has 0 bridgehead atoms. The van der Waals surface area contributed by atoms with Crippen LogP contribution in [0.1, 0.15) is 52.4 Å². The summed E-state index contributed by atoms with van der Waals surface area (Å²) in [6.07, 6.45) is 6.62. The Labute approximate surface area is 99.4 Å². The van der Waals surface area contributed by atoms with Gasteiger partial charge in [0.15, 0.2) is 0 Å². The molecule has 0 aromatic rings. The van der Waals surface area contributed by atoms with Gasteiger partial charge in [-0.15, -0.1) is 0 Å². The van der Waals surface area contributed by atoms with E-state index in [1.165, 1.54) is 25.7 Å². The van der Waals surface area contributed by atoms with Gasteiger partial charge in [-0.2, -0.15) is 0 Å². The molecule has 3 heteroatoms. The molecule has 1 aliphatic carbocycles. The van der Waals surface area contributed by atoms with Crippen molar-refractivity contribution in [2.45, 2.75) is 57.9 Å². The summed E-state index contributed by atoms with van der Waals surface area (Å²) in [5.41, 5.74) is 5.48. The molecule has 0 spiro atoms. The molecule has 0 radical (unpaired) electrons. The lowest BCUT2D eigenvalue weighted by molar-refractivity contribution is -0.136. The zero-order valence-electron chi connectivity index (χ0n) is 11.0. The molecule has 94 valence electrons. The molecule has 0 aromatic carbocycles. The van der Waals surface area contributed by atoms with Crippen LogP contribution in [0.5, 0.6) is 0 Å². The third-order valence-corrected chi connectivity index (χ3v) is 4.04. The first kappa shape index (κ1) is 13.5. The van der Waals surface area contributed by atoms with Crippen molar-refractivity contribution in [1.29, 1.82) is 0 Å². The van der Waals surface area contributed by atoms with E-state index in [2.05, 4.69) is 0 Å². The summed E-state index contributed by atoms with van der Waals surface area (Å²) in [6.45, 7) is 4.87. The minimum Gasteiger partial charge on any atom is -0.344 e. The highest BCUT2D eigenvalue weighted by Crippen LogP contribution is 2.26. The number of rotatable bonds is 5. The van der Waals surface area contributed by atoms with Crippen molar-refractivity contribution >= 4 is 5.91 Å². The number of nitrogens with zero attached hydrogens (tertiary/aromatic N) is 1. The van der Waals surface area contributed by atoms with E-state index in [1.54, 1.807) is 0 Å². The Kier molecular flexibility index (Phi) is 4.78. The molecular formula is C13H26N2O. The fourth-order valence-corrected chi connectivity index (χ4v) is 2.60. The zero-order chi connectivity index (χ0) is 12.2. The second-order valence-corrected chi connectivity index (χ2v) is 5.20. The first-order chi connectivity index (χ1) is 7.53. The summed E-state index contributed by atoms with van der Waals surface area (Å²) in [4.78, 5) is 14.1. The van der Waals surface area contributed by atoms with E-state index < -0.39 is 5.54 Å². The molecule has 0 unspecified atom stereocenters. The summed E-state index contributed by atoms with van der Waals surface area (Å²) in [7, 11) is 1.90. The third kappa shape index (κ3) is 2.97. The van der Waals surface area contributed by atoms with Gasteiger partial charge in [0.1, 0.15) is 0 Å². The van der Waals surface area contributed by atoms with Crippen LogP contribution in [0.25, 0.3) is 0 Å². The lowest BCUT2D eigenvalue weighted by Gasteiger charge is -2.32. The molecular weight excluding hydrogens is 200 g/mol. The largest absolute Gasteiger partial charge is 0.344 e. The average molecular weight is 226 g/mol. The van der Waals surface area contributed by atoms with Crippen LogP contribution in [0.15, 0.2) is 0 Å². The Morgan fingerprint density at radius 1 is 1.31 bits per heavy atom. The molecule has 1 rings (SSSR count). The SMILES string of the molecule is CCC(N)(CC)C(=O)N(C)CC1CCCC1. The Morgan fingerprint density at radius 2 is 1.81 bits per heavy atom. The number of hydrogen-bond donors (Lipinski definition) is 1. The molecule has 1 aliphatic rings. The predicted octanol–water partition coefficient (Wildman–Crippen LogP) is 2.15. The van der Waals surface area contributed by atoms with Gasteiger partial charge in [-0.1, -0.05) is 26.7 Å². The van der Waals surface area contributed by atoms with Gasteiger partial charge in [-0.3, -0.25) is 4.79 Å². The predicted molar refractivity (Wildman–Crippen MR) is 67.1 cm³/mol. The van der Waals surface area contributed by atoms with Crippen LogP contribution in [-0.2, 0) is 4.79 Å². The lowest BCUT2D eigenvalue weighted by Crippen LogP contribution is -2.54. The van der Waals surface area contributed by atoms with Gasteiger partial charge in [0.05, 0.1) is 5.54 Å². The van der Waals surface area contributed by atoms with Gasteiger partial charge in [0, 0.05) is 13.6 Å². The van der Waals surface area contributed by atoms with E-state index >= 15 is 0 Å². The molecule has 0 atom stereocenters. The van der Waals surface area contributed by atoms with Crippen LogP contribution in [0.3, 0.4) is 0 Å². The number of hydrogen-bond acceptors (Lipinski definition) is 2. The number of amides is 1. The van der Waals surface area contributed by atoms with Crippen LogP contribution < -0.4 is 5.73 Å². The second kappa shape index (κ2) is 5.67. The summed E-state index contributed by atoms with van der Waals surface area (Å²) in [6, 6.07) is 0. The number of carbonyl (C=O) groups excluding carboxylic acids is 1. The monoisotopic (exact) mass is 226 g/mol. The highest BCUT2D eigenvalue weighted by atomic mass is 16.2. The van der Waals surface area contributed by atoms with Crippen LogP contribution in [0.4, 0.5) is 0 Å². The van der Waals surface area contributed by atoms with E-state index in [1.807, 2.05) is 25.8 Å². The van der Waals surface area contributed by atoms with Crippen LogP contribution >= 0.6 is 0 Å². The highest BCUT2D eigenvalue weighted by Gasteiger charge is 2.33. The molecule has 16 heavy (non-hydrogen) atoms. The minimum absolute atomic E-state index is 0.115. The Balaban J connectivity index is 2.51. The molecule has 1 saturated carbocycles. The fourth-order valence-electron chi connectivity index (χ4n) is 2.60. The molecule has 1 amide bonds. The summed E-state index contributed by atoms with van der Waals surface area (Å²) >= 11 is 0. The van der Waals surface area contributed by atoms with E-state index in [4.69, 9.17) is 5.73 Å². The van der Waals surface area contributed by atoms with Gasteiger partial charge in [0.2, 0.25) is 5.91 Å². The summed E-state index contributed by atoms with van der Waals surface area (Å²) < 4.78 is 0. The van der Waals surface area contributed by atoms with E-state index in [0.717, 1.165) is 19.4 Å². The first-order valence-corrected chi connectivity index (χ1v) is 6.58. The van der Waals surface area contributed by atoms with Crippen molar-refractivity contribution in [2.24, 2.45) is 11.7 Å². The van der Waals surface area contributed by atoms with Crippen molar-refractivity contribution in [3.63, 3.8) is 0 Å². The Bertz CT molecular complexity index is 230. The van der Waals surface area contributed by atoms with Crippen LogP contribution in [0, 0.1) is 5.92 Å². The molecule has 0 aromatic heterocycles. The molecule has 0 heterocycles. The topological polar surface area (TPSA) is 46.3 Å². The molecule has 1 fully saturated rings. The molecule has 3 nitrogen and oxygen atoms in total. The van der Waals surface area contributed by atoms with Crippen molar-refractivity contribution in [1.82, 2.24) is 4.90 Å². The zero-order valence-corrected chi connectivity index (χ0v) is 11.0. The Hall–Kier alpha value is -0.570. The van der Waals surface area contributed by atoms with Crippen molar-refractivity contribution in [3.05, 3.63) is 0 Å². The van der Waals surface area contributed by atoms with Gasteiger partial charge in [0.25, 0.3) is 0 Å². The maximum absolute atomic E-state index is 12.2. The van der Waals surface area contributed by atoms with Crippen molar-refractivity contribution < 1.29 is 4.79 Å². The smallest absolute Gasteiger partial charge is 0.242 e. The molecule has 2 N–H and O–H groups in total. The fraction of sp³-hybridized carbons (Fsp3) is 0.923. The summed E-state index contributed by atoms with van der Waals surface area (Å²) in [5, 5.41) is 0.